The molecule has 0 aromatic heterocycles. The lowest BCUT2D eigenvalue weighted by Crippen LogP contribution is -2.48. The first-order chi connectivity index (χ1) is 12.7. The molecule has 136 valence electrons. The molecule has 2 aromatic rings. The SMILES string of the molecule is CC(C(=O)NC1CCN(Cc2ccccc2)C1)N1CCc2ccccc21. The van der Waals surface area contributed by atoms with E-state index in [9.17, 15) is 4.79 Å². The number of amides is 1. The highest BCUT2D eigenvalue weighted by molar-refractivity contribution is 5.86. The molecule has 26 heavy (non-hydrogen) atoms. The van der Waals surface area contributed by atoms with Gasteiger partial charge in [0.1, 0.15) is 6.04 Å². The third-order valence-corrected chi connectivity index (χ3v) is 5.64. The number of para-hydroxylation sites is 1. The summed E-state index contributed by atoms with van der Waals surface area (Å²) in [6.07, 6.45) is 2.06. The molecule has 1 N–H and O–H groups in total. The van der Waals surface area contributed by atoms with Crippen molar-refractivity contribution in [2.24, 2.45) is 0 Å². The number of carbonyl (C=O) groups is 1. The quantitative estimate of drug-likeness (QED) is 0.902. The number of nitrogens with one attached hydrogen (secondary N) is 1. The van der Waals surface area contributed by atoms with Crippen LogP contribution in [-0.2, 0) is 17.8 Å². The van der Waals surface area contributed by atoms with Gasteiger partial charge in [0.25, 0.3) is 0 Å². The highest BCUT2D eigenvalue weighted by atomic mass is 16.2. The van der Waals surface area contributed by atoms with Gasteiger partial charge in [-0.15, -0.1) is 0 Å². The van der Waals surface area contributed by atoms with Crippen LogP contribution in [-0.4, -0.2) is 42.5 Å². The van der Waals surface area contributed by atoms with Crippen LogP contribution >= 0.6 is 0 Å². The van der Waals surface area contributed by atoms with Crippen LogP contribution in [0.25, 0.3) is 0 Å². The lowest BCUT2D eigenvalue weighted by molar-refractivity contribution is -0.122. The number of hydrogen-bond donors (Lipinski definition) is 1. The molecule has 2 heterocycles. The number of benzene rings is 2. The van der Waals surface area contributed by atoms with Crippen LogP contribution in [0.4, 0.5) is 5.69 Å². The fourth-order valence-corrected chi connectivity index (χ4v) is 4.17. The summed E-state index contributed by atoms with van der Waals surface area (Å²) in [5, 5.41) is 3.28. The van der Waals surface area contributed by atoms with Crippen molar-refractivity contribution in [1.29, 1.82) is 0 Å². The van der Waals surface area contributed by atoms with Crippen molar-refractivity contribution in [2.75, 3.05) is 24.5 Å². The maximum atomic E-state index is 12.8. The number of nitrogens with zero attached hydrogens (tertiary/aromatic N) is 2. The Kier molecular flexibility index (Phi) is 4.93. The zero-order chi connectivity index (χ0) is 17.9. The minimum absolute atomic E-state index is 0.123. The summed E-state index contributed by atoms with van der Waals surface area (Å²) in [5.41, 5.74) is 3.90. The molecule has 0 radical (unpaired) electrons. The first-order valence-electron chi connectivity index (χ1n) is 9.62. The van der Waals surface area contributed by atoms with Gasteiger partial charge in [0.05, 0.1) is 0 Å². The van der Waals surface area contributed by atoms with Crippen LogP contribution < -0.4 is 10.2 Å². The molecule has 4 nitrogen and oxygen atoms in total. The minimum Gasteiger partial charge on any atom is -0.359 e. The lowest BCUT2D eigenvalue weighted by atomic mass is 10.1. The van der Waals surface area contributed by atoms with Crippen molar-refractivity contribution < 1.29 is 4.79 Å². The Morgan fingerprint density at radius 3 is 2.73 bits per heavy atom. The Morgan fingerprint density at radius 1 is 1.12 bits per heavy atom. The van der Waals surface area contributed by atoms with E-state index in [1.807, 2.05) is 6.92 Å². The van der Waals surface area contributed by atoms with Gasteiger partial charge in [-0.25, -0.2) is 0 Å². The van der Waals surface area contributed by atoms with Gasteiger partial charge < -0.3 is 10.2 Å². The topological polar surface area (TPSA) is 35.6 Å². The maximum Gasteiger partial charge on any atom is 0.242 e. The second-order valence-corrected chi connectivity index (χ2v) is 7.46. The van der Waals surface area contributed by atoms with Crippen LogP contribution in [0, 0.1) is 0 Å². The molecule has 4 rings (SSSR count). The third-order valence-electron chi connectivity index (χ3n) is 5.64. The first-order valence-corrected chi connectivity index (χ1v) is 9.62. The molecule has 0 spiro atoms. The lowest BCUT2D eigenvalue weighted by Gasteiger charge is -2.27. The molecular weight excluding hydrogens is 322 g/mol. The highest BCUT2D eigenvalue weighted by Gasteiger charge is 2.30. The summed E-state index contributed by atoms with van der Waals surface area (Å²) in [5.74, 6) is 0.147. The fourth-order valence-electron chi connectivity index (χ4n) is 4.17. The van der Waals surface area contributed by atoms with Crippen LogP contribution in [0.2, 0.25) is 0 Å². The molecule has 0 saturated carbocycles. The maximum absolute atomic E-state index is 12.8. The second-order valence-electron chi connectivity index (χ2n) is 7.46. The zero-order valence-corrected chi connectivity index (χ0v) is 15.4. The second kappa shape index (κ2) is 7.50. The van der Waals surface area contributed by atoms with Gasteiger partial charge in [-0.1, -0.05) is 48.5 Å². The summed E-state index contributed by atoms with van der Waals surface area (Å²) in [4.78, 5) is 17.5. The van der Waals surface area contributed by atoms with E-state index in [1.165, 1.54) is 16.8 Å². The predicted octanol–water partition coefficient (Wildman–Crippen LogP) is 2.83. The van der Waals surface area contributed by atoms with Crippen LogP contribution in [0.15, 0.2) is 54.6 Å². The van der Waals surface area contributed by atoms with E-state index in [4.69, 9.17) is 0 Å². The molecule has 1 amide bonds. The van der Waals surface area contributed by atoms with Gasteiger partial charge in [0.15, 0.2) is 0 Å². The standard InChI is InChI=1S/C22H27N3O/c1-17(25-14-11-19-9-5-6-10-21(19)25)22(26)23-20-12-13-24(16-20)15-18-7-3-2-4-8-18/h2-10,17,20H,11-16H2,1H3,(H,23,26). The monoisotopic (exact) mass is 349 g/mol. The van der Waals surface area contributed by atoms with E-state index in [2.05, 4.69) is 69.7 Å². The Bertz CT molecular complexity index is 761. The van der Waals surface area contributed by atoms with Gasteiger partial charge in [0.2, 0.25) is 5.91 Å². The molecule has 2 unspecified atom stereocenters. The van der Waals surface area contributed by atoms with Gasteiger partial charge in [-0.05, 0) is 37.0 Å². The van der Waals surface area contributed by atoms with Gasteiger partial charge in [0, 0.05) is 37.9 Å². The van der Waals surface area contributed by atoms with Crippen molar-refractivity contribution in [3.05, 3.63) is 65.7 Å². The van der Waals surface area contributed by atoms with Crippen LogP contribution in [0.1, 0.15) is 24.5 Å². The molecule has 0 bridgehead atoms. The van der Waals surface area contributed by atoms with Gasteiger partial charge >= 0.3 is 0 Å². The summed E-state index contributed by atoms with van der Waals surface area (Å²) in [7, 11) is 0. The average Bonchev–Trinajstić information content (AvgIpc) is 3.29. The summed E-state index contributed by atoms with van der Waals surface area (Å²) in [6.45, 7) is 5.89. The summed E-state index contributed by atoms with van der Waals surface area (Å²) in [6, 6.07) is 19.1. The highest BCUT2D eigenvalue weighted by Crippen LogP contribution is 2.29. The Hall–Kier alpha value is -2.33. The normalized spacial score (nSPS) is 20.8. The summed E-state index contributed by atoms with van der Waals surface area (Å²) >= 11 is 0. The van der Waals surface area contributed by atoms with Crippen LogP contribution in [0.3, 0.4) is 0 Å². The first kappa shape index (κ1) is 17.1. The molecule has 1 fully saturated rings. The number of fused-ring (bicyclic) bond motifs is 1. The van der Waals surface area contributed by atoms with Gasteiger partial charge in [-0.2, -0.15) is 0 Å². The van der Waals surface area contributed by atoms with E-state index in [0.717, 1.165) is 39.0 Å². The number of hydrogen-bond acceptors (Lipinski definition) is 3. The Labute approximate surface area is 155 Å². The zero-order valence-electron chi connectivity index (χ0n) is 15.4. The molecular formula is C22H27N3O. The van der Waals surface area contributed by atoms with E-state index in [1.54, 1.807) is 0 Å². The average molecular weight is 349 g/mol. The predicted molar refractivity (Wildman–Crippen MR) is 105 cm³/mol. The Balaban J connectivity index is 1.31. The van der Waals surface area contributed by atoms with E-state index >= 15 is 0 Å². The molecule has 2 aromatic carbocycles. The van der Waals surface area contributed by atoms with Crippen molar-refractivity contribution >= 4 is 11.6 Å². The van der Waals surface area contributed by atoms with Crippen molar-refractivity contribution in [2.45, 2.75) is 38.4 Å². The van der Waals surface area contributed by atoms with Crippen LogP contribution in [0.5, 0.6) is 0 Å². The largest absolute Gasteiger partial charge is 0.359 e. The van der Waals surface area contributed by atoms with E-state index in [0.29, 0.717) is 0 Å². The molecule has 2 aliphatic rings. The number of likely N-dealkylation sites (tertiary alicyclic amines) is 1. The van der Waals surface area contributed by atoms with Crippen molar-refractivity contribution in [3.8, 4) is 0 Å². The molecule has 4 heteroatoms. The number of rotatable bonds is 5. The van der Waals surface area contributed by atoms with Gasteiger partial charge in [-0.3, -0.25) is 9.69 Å². The third kappa shape index (κ3) is 3.61. The van der Waals surface area contributed by atoms with Crippen molar-refractivity contribution in [1.82, 2.24) is 10.2 Å². The molecule has 1 saturated heterocycles. The van der Waals surface area contributed by atoms with E-state index in [-0.39, 0.29) is 18.0 Å². The smallest absolute Gasteiger partial charge is 0.242 e. The molecule has 2 aliphatic heterocycles. The van der Waals surface area contributed by atoms with Crippen molar-refractivity contribution in [3.63, 3.8) is 0 Å². The molecule has 0 aliphatic carbocycles. The Morgan fingerprint density at radius 2 is 1.88 bits per heavy atom. The number of carbonyl (C=O) groups excluding carboxylic acids is 1. The van der Waals surface area contributed by atoms with E-state index < -0.39 is 0 Å². The number of anilines is 1. The minimum atomic E-state index is -0.123. The fraction of sp³-hybridized carbons (Fsp3) is 0.409. The molecule has 2 atom stereocenters. The summed E-state index contributed by atoms with van der Waals surface area (Å²) < 4.78 is 0.